The van der Waals surface area contributed by atoms with E-state index in [1.54, 1.807) is 0 Å². The summed E-state index contributed by atoms with van der Waals surface area (Å²) in [5.41, 5.74) is 3.68. The maximum Gasteiger partial charge on any atom is 0.326 e. The molecule has 0 aliphatic carbocycles. The van der Waals surface area contributed by atoms with Gasteiger partial charge in [-0.15, -0.1) is 0 Å². The molecule has 1 N–H and O–H groups in total. The topological polar surface area (TPSA) is 40.5 Å². The van der Waals surface area contributed by atoms with Crippen LogP contribution in [0.3, 0.4) is 0 Å². The number of carbonyl (C=O) groups is 1. The number of aryl methyl sites for hydroxylation is 1. The van der Waals surface area contributed by atoms with E-state index in [4.69, 9.17) is 0 Å². The van der Waals surface area contributed by atoms with Gasteiger partial charge < -0.3 is 10.0 Å². The molecule has 2 aliphatic heterocycles. The Labute approximate surface area is 101 Å². The van der Waals surface area contributed by atoms with Crippen LogP contribution >= 0.6 is 0 Å². The quantitative estimate of drug-likeness (QED) is 0.806. The molecule has 2 unspecified atom stereocenters. The second kappa shape index (κ2) is 3.76. The molecule has 2 atom stereocenters. The summed E-state index contributed by atoms with van der Waals surface area (Å²) in [5, 5.41) is 9.34. The van der Waals surface area contributed by atoms with E-state index in [0.717, 1.165) is 31.4 Å². The Kier molecular flexibility index (Phi) is 2.35. The molecular weight excluding hydrogens is 214 g/mol. The Morgan fingerprint density at radius 2 is 2.24 bits per heavy atom. The number of anilines is 1. The van der Waals surface area contributed by atoms with Crippen LogP contribution in [0.25, 0.3) is 0 Å². The fraction of sp³-hybridized carbons (Fsp3) is 0.500. The van der Waals surface area contributed by atoms with Crippen LogP contribution in [0.2, 0.25) is 0 Å². The Hall–Kier alpha value is -1.51. The lowest BCUT2D eigenvalue weighted by molar-refractivity contribution is -0.139. The first-order valence-electron chi connectivity index (χ1n) is 6.27. The van der Waals surface area contributed by atoms with Crippen LogP contribution in [-0.2, 0) is 11.2 Å². The first-order chi connectivity index (χ1) is 8.16. The van der Waals surface area contributed by atoms with E-state index in [1.165, 1.54) is 11.1 Å². The van der Waals surface area contributed by atoms with Gasteiger partial charge in [0.1, 0.15) is 6.04 Å². The lowest BCUT2D eigenvalue weighted by Crippen LogP contribution is -2.48. The molecule has 0 aromatic heterocycles. The summed E-state index contributed by atoms with van der Waals surface area (Å²) in [6.07, 6.45) is 3.95. The van der Waals surface area contributed by atoms with Gasteiger partial charge in [-0.1, -0.05) is 12.1 Å². The van der Waals surface area contributed by atoms with Gasteiger partial charge in [0.2, 0.25) is 0 Å². The molecule has 3 heteroatoms. The SMILES string of the molecule is Cc1ccc2c(c1)N1C(CCCC1C(=O)O)C2. The fourth-order valence-electron chi connectivity index (χ4n) is 3.23. The van der Waals surface area contributed by atoms with Gasteiger partial charge in [0.25, 0.3) is 0 Å². The predicted molar refractivity (Wildman–Crippen MR) is 66.4 cm³/mol. The third kappa shape index (κ3) is 1.61. The predicted octanol–water partition coefficient (Wildman–Crippen LogP) is 2.36. The van der Waals surface area contributed by atoms with Gasteiger partial charge in [-0.2, -0.15) is 0 Å². The summed E-state index contributed by atoms with van der Waals surface area (Å²) in [6.45, 7) is 2.06. The average molecular weight is 231 g/mol. The first-order valence-corrected chi connectivity index (χ1v) is 6.27. The van der Waals surface area contributed by atoms with Crippen molar-refractivity contribution in [2.75, 3.05) is 4.90 Å². The lowest BCUT2D eigenvalue weighted by Gasteiger charge is -2.37. The number of piperidine rings is 1. The molecule has 2 heterocycles. The van der Waals surface area contributed by atoms with Crippen molar-refractivity contribution in [1.29, 1.82) is 0 Å². The molecule has 1 fully saturated rings. The van der Waals surface area contributed by atoms with Crippen molar-refractivity contribution in [3.8, 4) is 0 Å². The summed E-state index contributed by atoms with van der Waals surface area (Å²) < 4.78 is 0. The molecule has 0 saturated carbocycles. The fourth-order valence-corrected chi connectivity index (χ4v) is 3.23. The second-order valence-electron chi connectivity index (χ2n) is 5.18. The molecular formula is C14H17NO2. The highest BCUT2D eigenvalue weighted by atomic mass is 16.4. The number of carboxylic acids is 1. The first kappa shape index (κ1) is 10.6. The van der Waals surface area contributed by atoms with E-state index in [1.807, 2.05) is 0 Å². The van der Waals surface area contributed by atoms with Crippen molar-refractivity contribution in [2.24, 2.45) is 0 Å². The zero-order valence-corrected chi connectivity index (χ0v) is 10.0. The molecule has 3 nitrogen and oxygen atoms in total. The number of hydrogen-bond donors (Lipinski definition) is 1. The van der Waals surface area contributed by atoms with Gasteiger partial charge in [-0.25, -0.2) is 4.79 Å². The highest BCUT2D eigenvalue weighted by Gasteiger charge is 2.40. The maximum absolute atomic E-state index is 11.4. The number of benzene rings is 1. The second-order valence-corrected chi connectivity index (χ2v) is 5.18. The minimum absolute atomic E-state index is 0.322. The summed E-state index contributed by atoms with van der Waals surface area (Å²) in [7, 11) is 0. The van der Waals surface area contributed by atoms with Crippen LogP contribution in [0.4, 0.5) is 5.69 Å². The monoisotopic (exact) mass is 231 g/mol. The number of aliphatic carboxylic acids is 1. The van der Waals surface area contributed by atoms with Crippen molar-refractivity contribution in [1.82, 2.24) is 0 Å². The van der Waals surface area contributed by atoms with Crippen LogP contribution in [0.1, 0.15) is 30.4 Å². The van der Waals surface area contributed by atoms with Crippen LogP contribution in [0.5, 0.6) is 0 Å². The minimum atomic E-state index is -0.677. The van der Waals surface area contributed by atoms with E-state index < -0.39 is 5.97 Å². The molecule has 1 saturated heterocycles. The van der Waals surface area contributed by atoms with Crippen molar-refractivity contribution < 1.29 is 9.90 Å². The van der Waals surface area contributed by atoms with Crippen LogP contribution in [0, 0.1) is 6.92 Å². The highest BCUT2D eigenvalue weighted by molar-refractivity contribution is 5.80. The van der Waals surface area contributed by atoms with E-state index in [0.29, 0.717) is 6.04 Å². The zero-order valence-electron chi connectivity index (χ0n) is 10.0. The number of rotatable bonds is 1. The zero-order chi connectivity index (χ0) is 12.0. The third-order valence-corrected chi connectivity index (χ3v) is 4.00. The Morgan fingerprint density at radius 3 is 3.00 bits per heavy atom. The van der Waals surface area contributed by atoms with E-state index >= 15 is 0 Å². The van der Waals surface area contributed by atoms with Crippen LogP contribution in [-0.4, -0.2) is 23.2 Å². The molecule has 1 aromatic carbocycles. The Bertz CT molecular complexity index is 469. The van der Waals surface area contributed by atoms with Crippen LogP contribution < -0.4 is 4.90 Å². The molecule has 0 bridgehead atoms. The Morgan fingerprint density at radius 1 is 1.41 bits per heavy atom. The smallest absolute Gasteiger partial charge is 0.326 e. The van der Waals surface area contributed by atoms with Gasteiger partial charge >= 0.3 is 5.97 Å². The number of hydrogen-bond acceptors (Lipinski definition) is 2. The van der Waals surface area contributed by atoms with E-state index in [9.17, 15) is 9.90 Å². The minimum Gasteiger partial charge on any atom is -0.480 e. The van der Waals surface area contributed by atoms with Gasteiger partial charge in [0.15, 0.2) is 0 Å². The molecule has 90 valence electrons. The maximum atomic E-state index is 11.4. The van der Waals surface area contributed by atoms with Gasteiger partial charge in [-0.3, -0.25) is 0 Å². The average Bonchev–Trinajstić information content (AvgIpc) is 2.66. The van der Waals surface area contributed by atoms with Crippen molar-refractivity contribution >= 4 is 11.7 Å². The Balaban J connectivity index is 2.04. The summed E-state index contributed by atoms with van der Waals surface area (Å²) >= 11 is 0. The van der Waals surface area contributed by atoms with Gasteiger partial charge in [-0.05, 0) is 49.8 Å². The van der Waals surface area contributed by atoms with Crippen LogP contribution in [0.15, 0.2) is 18.2 Å². The molecule has 17 heavy (non-hydrogen) atoms. The molecule has 1 aromatic rings. The molecule has 3 rings (SSSR count). The molecule has 0 spiro atoms. The summed E-state index contributed by atoms with van der Waals surface area (Å²) in [4.78, 5) is 13.5. The summed E-state index contributed by atoms with van der Waals surface area (Å²) in [5.74, 6) is -0.677. The van der Waals surface area contributed by atoms with Gasteiger partial charge in [0.05, 0.1) is 0 Å². The lowest BCUT2D eigenvalue weighted by atomic mass is 9.96. The highest BCUT2D eigenvalue weighted by Crippen LogP contribution is 2.40. The van der Waals surface area contributed by atoms with Crippen molar-refractivity contribution in [2.45, 2.75) is 44.7 Å². The summed E-state index contributed by atoms with van der Waals surface area (Å²) in [6, 6.07) is 6.49. The molecule has 0 amide bonds. The van der Waals surface area contributed by atoms with Crippen molar-refractivity contribution in [3.63, 3.8) is 0 Å². The molecule has 2 aliphatic rings. The largest absolute Gasteiger partial charge is 0.480 e. The molecule has 0 radical (unpaired) electrons. The normalized spacial score (nSPS) is 26.5. The standard InChI is InChI=1S/C14H17NO2/c1-9-5-6-10-8-11-3-2-4-12(14(16)17)15(11)13(10)7-9/h5-7,11-12H,2-4,8H2,1H3,(H,16,17). The van der Waals surface area contributed by atoms with Gasteiger partial charge in [0, 0.05) is 11.7 Å². The number of fused-ring (bicyclic) bond motifs is 3. The third-order valence-electron chi connectivity index (χ3n) is 4.00. The number of nitrogens with zero attached hydrogens (tertiary/aromatic N) is 1. The van der Waals surface area contributed by atoms with E-state index in [-0.39, 0.29) is 6.04 Å². The van der Waals surface area contributed by atoms with E-state index in [2.05, 4.69) is 30.0 Å². The van der Waals surface area contributed by atoms with Crippen molar-refractivity contribution in [3.05, 3.63) is 29.3 Å². The number of carboxylic acid groups (broad SMARTS) is 1.